The molecule has 0 saturated carbocycles. The van der Waals surface area contributed by atoms with E-state index in [4.69, 9.17) is 0 Å². The van der Waals surface area contributed by atoms with E-state index in [1.54, 1.807) is 6.33 Å². The molecule has 0 radical (unpaired) electrons. The fourth-order valence-corrected chi connectivity index (χ4v) is 3.04. The zero-order valence-electron chi connectivity index (χ0n) is 11.3. The van der Waals surface area contributed by atoms with Gasteiger partial charge in [0.05, 0.1) is 30.2 Å². The molecule has 7 nitrogen and oxygen atoms in total. The first kappa shape index (κ1) is 13.1. The van der Waals surface area contributed by atoms with Gasteiger partial charge in [0, 0.05) is 13.0 Å². The molecule has 1 aromatic heterocycles. The number of hydrogen-bond donors (Lipinski definition) is 3. The highest BCUT2D eigenvalue weighted by molar-refractivity contribution is 5.86. The zero-order valence-corrected chi connectivity index (χ0v) is 11.3. The molecule has 108 valence electrons. The second kappa shape index (κ2) is 4.90. The van der Waals surface area contributed by atoms with Crippen molar-refractivity contribution in [2.24, 2.45) is 11.8 Å². The molecule has 3 rings (SSSR count). The molecular weight excluding hydrogens is 260 g/mol. The number of nitrogens with zero attached hydrogens (tertiary/aromatic N) is 2. The number of hydrogen-bond acceptors (Lipinski definition) is 4. The van der Waals surface area contributed by atoms with Crippen molar-refractivity contribution in [1.29, 1.82) is 0 Å². The van der Waals surface area contributed by atoms with Gasteiger partial charge >= 0.3 is 5.97 Å². The SMILES string of the molecule is CC1CNCC1C(=O)N1Cc2[nH]cnc2CC1C(=O)O. The largest absolute Gasteiger partial charge is 0.480 e. The molecule has 1 saturated heterocycles. The molecule has 3 heterocycles. The number of aromatic amines is 1. The molecule has 3 unspecified atom stereocenters. The number of fused-ring (bicyclic) bond motifs is 1. The number of aromatic nitrogens is 2. The summed E-state index contributed by atoms with van der Waals surface area (Å²) >= 11 is 0. The number of rotatable bonds is 2. The molecule has 0 bridgehead atoms. The third-order valence-electron chi connectivity index (χ3n) is 4.30. The number of amides is 1. The first-order valence-corrected chi connectivity index (χ1v) is 6.83. The first-order valence-electron chi connectivity index (χ1n) is 6.83. The maximum absolute atomic E-state index is 12.6. The highest BCUT2D eigenvalue weighted by atomic mass is 16.4. The van der Waals surface area contributed by atoms with Crippen LogP contribution in [0.1, 0.15) is 18.3 Å². The summed E-state index contributed by atoms with van der Waals surface area (Å²) in [5, 5.41) is 12.6. The monoisotopic (exact) mass is 278 g/mol. The van der Waals surface area contributed by atoms with Crippen LogP contribution in [0.2, 0.25) is 0 Å². The molecule has 1 amide bonds. The summed E-state index contributed by atoms with van der Waals surface area (Å²) < 4.78 is 0. The molecule has 20 heavy (non-hydrogen) atoms. The average Bonchev–Trinajstić information content (AvgIpc) is 3.04. The predicted octanol–water partition coefficient (Wildman–Crippen LogP) is -0.397. The minimum atomic E-state index is -0.967. The number of H-pyrrole nitrogens is 1. The number of nitrogens with one attached hydrogen (secondary N) is 2. The van der Waals surface area contributed by atoms with Gasteiger partial charge in [0.15, 0.2) is 0 Å². The van der Waals surface area contributed by atoms with Crippen LogP contribution in [0.3, 0.4) is 0 Å². The fourth-order valence-electron chi connectivity index (χ4n) is 3.04. The Hall–Kier alpha value is -1.89. The Bertz CT molecular complexity index is 541. The van der Waals surface area contributed by atoms with Crippen molar-refractivity contribution >= 4 is 11.9 Å². The topological polar surface area (TPSA) is 98.3 Å². The van der Waals surface area contributed by atoms with Gasteiger partial charge in [0.1, 0.15) is 6.04 Å². The summed E-state index contributed by atoms with van der Waals surface area (Å²) in [6, 6.07) is -0.814. The lowest BCUT2D eigenvalue weighted by molar-refractivity contribution is -0.153. The number of carboxylic acids is 1. The van der Waals surface area contributed by atoms with Crippen molar-refractivity contribution in [3.05, 3.63) is 17.7 Å². The molecule has 1 aromatic rings. The van der Waals surface area contributed by atoms with Gasteiger partial charge < -0.3 is 20.3 Å². The van der Waals surface area contributed by atoms with E-state index in [9.17, 15) is 14.7 Å². The number of aliphatic carboxylic acids is 1. The summed E-state index contributed by atoms with van der Waals surface area (Å²) in [4.78, 5) is 32.7. The summed E-state index contributed by atoms with van der Waals surface area (Å²) in [6.07, 6.45) is 1.83. The first-order chi connectivity index (χ1) is 9.58. The third-order valence-corrected chi connectivity index (χ3v) is 4.30. The molecule has 0 aromatic carbocycles. The van der Waals surface area contributed by atoms with E-state index in [-0.39, 0.29) is 24.2 Å². The van der Waals surface area contributed by atoms with E-state index in [2.05, 4.69) is 15.3 Å². The number of carbonyl (C=O) groups is 2. The maximum Gasteiger partial charge on any atom is 0.326 e. The highest BCUT2D eigenvalue weighted by Gasteiger charge is 2.41. The molecule has 7 heteroatoms. The second-order valence-electron chi connectivity index (χ2n) is 5.59. The standard InChI is InChI=1S/C13H18N4O3/c1-7-3-14-4-8(7)12(18)17-5-10-9(15-6-16-10)2-11(17)13(19)20/h6-8,11,14H,2-5H2,1H3,(H,15,16)(H,19,20). The molecule has 0 aliphatic carbocycles. The maximum atomic E-state index is 12.6. The van der Waals surface area contributed by atoms with Crippen LogP contribution in [0.25, 0.3) is 0 Å². The summed E-state index contributed by atoms with van der Waals surface area (Å²) in [6.45, 7) is 3.74. The van der Waals surface area contributed by atoms with Gasteiger partial charge in [0.25, 0.3) is 0 Å². The molecule has 0 spiro atoms. The fraction of sp³-hybridized carbons (Fsp3) is 0.615. The Morgan fingerprint density at radius 3 is 2.90 bits per heavy atom. The van der Waals surface area contributed by atoms with Crippen molar-refractivity contribution in [3.63, 3.8) is 0 Å². The zero-order chi connectivity index (χ0) is 14.3. The van der Waals surface area contributed by atoms with Crippen molar-refractivity contribution in [3.8, 4) is 0 Å². The van der Waals surface area contributed by atoms with Crippen LogP contribution in [-0.4, -0.2) is 51.0 Å². The normalized spacial score (nSPS) is 29.2. The summed E-state index contributed by atoms with van der Waals surface area (Å²) in [5.41, 5.74) is 1.59. The van der Waals surface area contributed by atoms with Crippen LogP contribution in [0, 0.1) is 11.8 Å². The van der Waals surface area contributed by atoms with Crippen LogP contribution >= 0.6 is 0 Å². The minimum absolute atomic E-state index is 0.0739. The Balaban J connectivity index is 1.86. The van der Waals surface area contributed by atoms with E-state index >= 15 is 0 Å². The minimum Gasteiger partial charge on any atom is -0.480 e. The van der Waals surface area contributed by atoms with Gasteiger partial charge in [-0.3, -0.25) is 4.79 Å². The molecule has 1 fully saturated rings. The highest BCUT2D eigenvalue weighted by Crippen LogP contribution is 2.26. The quantitative estimate of drug-likeness (QED) is 0.684. The van der Waals surface area contributed by atoms with Crippen LogP contribution < -0.4 is 5.32 Å². The lowest BCUT2D eigenvalue weighted by atomic mass is 9.93. The molecule has 3 atom stereocenters. The lowest BCUT2D eigenvalue weighted by Gasteiger charge is -2.34. The number of imidazole rings is 1. The molecule has 2 aliphatic rings. The van der Waals surface area contributed by atoms with Crippen molar-refractivity contribution in [2.45, 2.75) is 25.9 Å². The summed E-state index contributed by atoms with van der Waals surface area (Å²) in [7, 11) is 0. The van der Waals surface area contributed by atoms with E-state index in [1.807, 2.05) is 6.92 Å². The molecule has 3 N–H and O–H groups in total. The number of carboxylic acid groups (broad SMARTS) is 1. The van der Waals surface area contributed by atoms with Crippen molar-refractivity contribution in [1.82, 2.24) is 20.2 Å². The van der Waals surface area contributed by atoms with Crippen molar-refractivity contribution < 1.29 is 14.7 Å². The Morgan fingerprint density at radius 2 is 2.25 bits per heavy atom. The van der Waals surface area contributed by atoms with Crippen molar-refractivity contribution in [2.75, 3.05) is 13.1 Å². The number of carbonyl (C=O) groups excluding carboxylic acids is 1. The second-order valence-corrected chi connectivity index (χ2v) is 5.59. The van der Waals surface area contributed by atoms with Gasteiger partial charge in [-0.1, -0.05) is 6.92 Å². The molecule has 2 aliphatic heterocycles. The van der Waals surface area contributed by atoms with E-state index < -0.39 is 12.0 Å². The van der Waals surface area contributed by atoms with Crippen LogP contribution in [0.4, 0.5) is 0 Å². The van der Waals surface area contributed by atoms with Gasteiger partial charge in [-0.2, -0.15) is 0 Å². The van der Waals surface area contributed by atoms with Crippen LogP contribution in [-0.2, 0) is 22.6 Å². The van der Waals surface area contributed by atoms with Crippen LogP contribution in [0.15, 0.2) is 6.33 Å². The molecular formula is C13H18N4O3. The Labute approximate surface area is 116 Å². The average molecular weight is 278 g/mol. The van der Waals surface area contributed by atoms with Gasteiger partial charge in [-0.15, -0.1) is 0 Å². The lowest BCUT2D eigenvalue weighted by Crippen LogP contribution is -2.51. The Kier molecular flexibility index (Phi) is 3.21. The van der Waals surface area contributed by atoms with E-state index in [1.165, 1.54) is 4.90 Å². The van der Waals surface area contributed by atoms with Gasteiger partial charge in [-0.25, -0.2) is 9.78 Å². The Morgan fingerprint density at radius 1 is 1.45 bits per heavy atom. The van der Waals surface area contributed by atoms with Gasteiger partial charge in [-0.05, 0) is 12.5 Å². The third kappa shape index (κ3) is 2.07. The predicted molar refractivity (Wildman–Crippen MR) is 69.8 cm³/mol. The van der Waals surface area contributed by atoms with E-state index in [0.717, 1.165) is 17.9 Å². The smallest absolute Gasteiger partial charge is 0.326 e. The van der Waals surface area contributed by atoms with Gasteiger partial charge in [0.2, 0.25) is 5.91 Å². The summed E-state index contributed by atoms with van der Waals surface area (Å²) in [5.74, 6) is -0.942. The van der Waals surface area contributed by atoms with Crippen LogP contribution in [0.5, 0.6) is 0 Å². The van der Waals surface area contributed by atoms with E-state index in [0.29, 0.717) is 13.1 Å².